The van der Waals surface area contributed by atoms with Crippen LogP contribution in [0.4, 0.5) is 19.0 Å². The summed E-state index contributed by atoms with van der Waals surface area (Å²) in [7, 11) is -3.40. The smallest absolute Gasteiger partial charge is 0.367 e. The van der Waals surface area contributed by atoms with Gasteiger partial charge in [-0.2, -0.15) is 13.2 Å². The summed E-state index contributed by atoms with van der Waals surface area (Å²) in [6, 6.07) is 5.67. The van der Waals surface area contributed by atoms with Crippen molar-refractivity contribution in [2.24, 2.45) is 5.92 Å². The van der Waals surface area contributed by atoms with Crippen molar-refractivity contribution in [3.05, 3.63) is 47.7 Å². The zero-order valence-electron chi connectivity index (χ0n) is 26.2. The molecule has 4 aromatic rings. The zero-order chi connectivity index (χ0) is 32.1. The number of alkyl halides is 3. The molecule has 248 valence electrons. The van der Waals surface area contributed by atoms with Crippen molar-refractivity contribution in [1.29, 1.82) is 0 Å². The van der Waals surface area contributed by atoms with Gasteiger partial charge in [-0.1, -0.05) is 12.8 Å². The van der Waals surface area contributed by atoms with E-state index < -0.39 is 21.8 Å². The lowest BCUT2D eigenvalue weighted by atomic mass is 9.92. The Labute approximate surface area is 267 Å². The van der Waals surface area contributed by atoms with Crippen LogP contribution in [0.15, 0.2) is 30.7 Å². The Bertz CT molecular complexity index is 1810. The summed E-state index contributed by atoms with van der Waals surface area (Å²) in [6.07, 6.45) is 11.0. The average Bonchev–Trinajstić information content (AvgIpc) is 3.46. The molecular weight excluding hydrogens is 615 g/mol. The summed E-state index contributed by atoms with van der Waals surface area (Å²) >= 11 is 0. The van der Waals surface area contributed by atoms with Gasteiger partial charge in [-0.25, -0.2) is 27.7 Å². The van der Waals surface area contributed by atoms with Crippen molar-refractivity contribution in [2.45, 2.75) is 101 Å². The molecule has 2 atom stereocenters. The number of imidazole rings is 1. The minimum atomic E-state index is -4.42. The number of nitrogens with one attached hydrogen (secondary N) is 2. The first kappa shape index (κ1) is 31.4. The maximum atomic E-state index is 13.9. The van der Waals surface area contributed by atoms with Crippen LogP contribution < -0.4 is 5.32 Å². The van der Waals surface area contributed by atoms with E-state index in [-0.39, 0.29) is 17.9 Å². The van der Waals surface area contributed by atoms with Crippen LogP contribution in [0, 0.1) is 5.92 Å². The van der Waals surface area contributed by atoms with Crippen molar-refractivity contribution in [3.8, 4) is 0 Å². The number of anilines is 1. The van der Waals surface area contributed by atoms with Gasteiger partial charge in [0.2, 0.25) is 10.0 Å². The van der Waals surface area contributed by atoms with E-state index in [4.69, 9.17) is 0 Å². The van der Waals surface area contributed by atoms with Crippen LogP contribution in [0.25, 0.3) is 22.1 Å². The fourth-order valence-electron chi connectivity index (χ4n) is 7.59. The van der Waals surface area contributed by atoms with Crippen LogP contribution in [0.5, 0.6) is 0 Å². The fraction of sp³-hybridized carbons (Fsp3) is 0.606. The topological polar surface area (TPSA) is 109 Å². The van der Waals surface area contributed by atoms with Gasteiger partial charge in [0.1, 0.15) is 23.6 Å². The fourth-order valence-corrected chi connectivity index (χ4v) is 8.54. The second kappa shape index (κ2) is 12.4. The molecule has 0 amide bonds. The average molecular weight is 658 g/mol. The van der Waals surface area contributed by atoms with Crippen molar-refractivity contribution >= 4 is 37.9 Å². The molecule has 3 aliphatic rings. The first-order valence-corrected chi connectivity index (χ1v) is 18.5. The number of nitrogens with zero attached hydrogens (tertiary/aromatic N) is 5. The molecule has 13 heteroatoms. The lowest BCUT2D eigenvalue weighted by molar-refractivity contribution is -0.138. The standard InChI is InChI=1S/C33H42F3N7O2S/c1-46(44,45)42(19-21-9-12-24(16-21)43-15-13-25-31(39-23-10-11-23)37-20-38-32(25)43)14-5-4-8-30-40-28-17-26(22-6-2-3-7-22)27(33(34,35)36)18-29(28)41-30/h13,15,17-18,20-24H,2-12,14,16,19H2,1H3,(H,40,41)(H,37,38,39). The molecule has 3 fully saturated rings. The highest BCUT2D eigenvalue weighted by Crippen LogP contribution is 2.43. The van der Waals surface area contributed by atoms with Crippen LogP contribution in [0.3, 0.4) is 0 Å². The molecule has 2 unspecified atom stereocenters. The van der Waals surface area contributed by atoms with Gasteiger partial charge in [-0.3, -0.25) is 0 Å². The van der Waals surface area contributed by atoms with Crippen molar-refractivity contribution in [1.82, 2.24) is 28.8 Å². The molecule has 3 aliphatic carbocycles. The van der Waals surface area contributed by atoms with Gasteiger partial charge in [0.15, 0.2) is 0 Å². The first-order valence-electron chi connectivity index (χ1n) is 16.7. The normalized spacial score (nSPS) is 21.3. The van der Waals surface area contributed by atoms with Crippen LogP contribution in [-0.2, 0) is 22.6 Å². The molecule has 0 spiro atoms. The number of fused-ring (bicyclic) bond motifs is 2. The molecule has 0 aliphatic heterocycles. The summed E-state index contributed by atoms with van der Waals surface area (Å²) in [5.74, 6) is 1.69. The van der Waals surface area contributed by atoms with E-state index in [1.165, 1.54) is 25.2 Å². The molecule has 3 heterocycles. The summed E-state index contributed by atoms with van der Waals surface area (Å²) in [6.45, 7) is 0.882. The Morgan fingerprint density at radius 3 is 2.61 bits per heavy atom. The number of benzene rings is 1. The van der Waals surface area contributed by atoms with Crippen LogP contribution in [0.1, 0.15) is 99.5 Å². The number of aryl methyl sites for hydroxylation is 1. The van der Waals surface area contributed by atoms with E-state index >= 15 is 0 Å². The lowest BCUT2D eigenvalue weighted by Gasteiger charge is -2.23. The lowest BCUT2D eigenvalue weighted by Crippen LogP contribution is -2.35. The van der Waals surface area contributed by atoms with Gasteiger partial charge in [-0.15, -0.1) is 0 Å². The van der Waals surface area contributed by atoms with Gasteiger partial charge < -0.3 is 14.9 Å². The monoisotopic (exact) mass is 657 g/mol. The first-order chi connectivity index (χ1) is 22.0. The number of unbranched alkanes of at least 4 members (excludes halogenated alkanes) is 1. The van der Waals surface area contributed by atoms with E-state index in [2.05, 4.69) is 42.1 Å². The van der Waals surface area contributed by atoms with E-state index in [1.54, 1.807) is 16.7 Å². The maximum Gasteiger partial charge on any atom is 0.416 e. The maximum absolute atomic E-state index is 13.9. The predicted octanol–water partition coefficient (Wildman–Crippen LogP) is 7.18. The summed E-state index contributed by atoms with van der Waals surface area (Å²) in [5.41, 5.74) is 1.68. The van der Waals surface area contributed by atoms with E-state index in [1.807, 2.05) is 0 Å². The molecule has 3 saturated carbocycles. The third-order valence-electron chi connectivity index (χ3n) is 10.1. The van der Waals surface area contributed by atoms with Gasteiger partial charge in [0, 0.05) is 37.8 Å². The van der Waals surface area contributed by atoms with Crippen molar-refractivity contribution < 1.29 is 21.6 Å². The van der Waals surface area contributed by atoms with E-state index in [9.17, 15) is 21.6 Å². The van der Waals surface area contributed by atoms with Crippen molar-refractivity contribution in [2.75, 3.05) is 24.7 Å². The summed E-state index contributed by atoms with van der Waals surface area (Å²) < 4.78 is 71.1. The molecule has 46 heavy (non-hydrogen) atoms. The molecule has 2 N–H and O–H groups in total. The Morgan fingerprint density at radius 1 is 1.07 bits per heavy atom. The molecular formula is C33H42F3N7O2S. The second-order valence-electron chi connectivity index (χ2n) is 13.6. The number of hydrogen-bond acceptors (Lipinski definition) is 6. The van der Waals surface area contributed by atoms with Crippen LogP contribution in [-0.4, -0.2) is 62.6 Å². The number of rotatable bonds is 12. The number of hydrogen-bond donors (Lipinski definition) is 2. The minimum absolute atomic E-state index is 0.0661. The van der Waals surface area contributed by atoms with Crippen LogP contribution >= 0.6 is 0 Å². The number of sulfonamides is 1. The Balaban J connectivity index is 0.960. The molecule has 0 saturated heterocycles. The van der Waals surface area contributed by atoms with Crippen molar-refractivity contribution in [3.63, 3.8) is 0 Å². The molecule has 3 aromatic heterocycles. The third kappa shape index (κ3) is 6.76. The SMILES string of the molecule is CS(=O)(=O)N(CCCCc1nc2cc(C(F)(F)F)c(C3CCCC3)cc2[nH]1)CC1CCC(n2ccc3c(NC4CC4)ncnc32)C1. The Morgan fingerprint density at radius 2 is 1.87 bits per heavy atom. The van der Waals surface area contributed by atoms with Gasteiger partial charge in [0.05, 0.1) is 28.2 Å². The molecule has 0 bridgehead atoms. The number of halogens is 3. The highest BCUT2D eigenvalue weighted by atomic mass is 32.2. The van der Waals surface area contributed by atoms with E-state index in [0.29, 0.717) is 60.8 Å². The third-order valence-corrected chi connectivity index (χ3v) is 11.4. The number of aromatic amines is 1. The highest BCUT2D eigenvalue weighted by molar-refractivity contribution is 7.88. The Kier molecular flexibility index (Phi) is 8.50. The molecule has 7 rings (SSSR count). The van der Waals surface area contributed by atoms with Gasteiger partial charge in [-0.05, 0) is 93.4 Å². The van der Waals surface area contributed by atoms with Crippen LogP contribution in [0.2, 0.25) is 0 Å². The summed E-state index contributed by atoms with van der Waals surface area (Å²) in [4.78, 5) is 16.7. The summed E-state index contributed by atoms with van der Waals surface area (Å²) in [5, 5.41) is 4.51. The number of H-pyrrole nitrogens is 1. The van der Waals surface area contributed by atoms with E-state index in [0.717, 1.165) is 61.8 Å². The van der Waals surface area contributed by atoms with Gasteiger partial charge >= 0.3 is 6.18 Å². The zero-order valence-corrected chi connectivity index (χ0v) is 27.0. The van der Waals surface area contributed by atoms with Gasteiger partial charge in [0.25, 0.3) is 0 Å². The second-order valence-corrected chi connectivity index (χ2v) is 15.6. The predicted molar refractivity (Wildman–Crippen MR) is 172 cm³/mol. The quantitative estimate of drug-likeness (QED) is 0.156. The minimum Gasteiger partial charge on any atom is -0.367 e. The molecule has 9 nitrogen and oxygen atoms in total. The number of aromatic nitrogens is 5. The largest absolute Gasteiger partial charge is 0.416 e. The molecule has 0 radical (unpaired) electrons. The highest BCUT2D eigenvalue weighted by Gasteiger charge is 2.37. The Hall–Kier alpha value is -3.19. The molecule has 1 aromatic carbocycles.